The van der Waals surface area contributed by atoms with Gasteiger partial charge in [-0.25, -0.2) is 4.79 Å². The molecule has 0 spiro atoms. The van der Waals surface area contributed by atoms with Crippen molar-refractivity contribution in [3.05, 3.63) is 56.5 Å². The molecule has 0 atom stereocenters. The summed E-state index contributed by atoms with van der Waals surface area (Å²) < 4.78 is 6.36. The highest BCUT2D eigenvalue weighted by atomic mass is 79.9. The molecule has 0 unspecified atom stereocenters. The molecule has 0 aromatic heterocycles. The van der Waals surface area contributed by atoms with Crippen LogP contribution in [0, 0.1) is 6.92 Å². The highest BCUT2D eigenvalue weighted by Gasteiger charge is 2.14. The minimum Gasteiger partial charge on any atom is -0.481 e. The second-order valence-electron chi connectivity index (χ2n) is 4.78. The van der Waals surface area contributed by atoms with Gasteiger partial charge in [0.2, 0.25) is 0 Å². The third-order valence-corrected chi connectivity index (χ3v) is 4.11. The topological polar surface area (TPSA) is 75.6 Å². The van der Waals surface area contributed by atoms with Gasteiger partial charge < -0.3 is 15.2 Å². The molecule has 2 aromatic rings. The molecule has 0 radical (unpaired) electrons. The van der Waals surface area contributed by atoms with E-state index >= 15 is 0 Å². The van der Waals surface area contributed by atoms with Gasteiger partial charge in [-0.15, -0.1) is 0 Å². The maximum atomic E-state index is 11.9. The molecule has 0 saturated carbocycles. The number of anilines is 1. The molecule has 23 heavy (non-hydrogen) atoms. The van der Waals surface area contributed by atoms with Crippen molar-refractivity contribution in [3.63, 3.8) is 0 Å². The smallest absolute Gasteiger partial charge is 0.335 e. The van der Waals surface area contributed by atoms with E-state index in [2.05, 4.69) is 37.2 Å². The molecule has 0 heterocycles. The number of benzene rings is 2. The number of carboxylic acid groups (broad SMARTS) is 1. The summed E-state index contributed by atoms with van der Waals surface area (Å²) in [5.41, 5.74) is 1.90. The Labute approximate surface area is 149 Å². The van der Waals surface area contributed by atoms with Crippen LogP contribution >= 0.6 is 31.9 Å². The summed E-state index contributed by atoms with van der Waals surface area (Å²) >= 11 is 6.48. The third-order valence-electron chi connectivity index (χ3n) is 2.93. The second-order valence-corrected chi connectivity index (χ2v) is 6.49. The average Bonchev–Trinajstić information content (AvgIpc) is 2.48. The fraction of sp³-hybridized carbons (Fsp3) is 0.125. The van der Waals surface area contributed by atoms with Crippen molar-refractivity contribution in [1.82, 2.24) is 0 Å². The van der Waals surface area contributed by atoms with Crippen LogP contribution in [0.1, 0.15) is 15.9 Å². The molecular formula is C16H13Br2NO4. The second kappa shape index (κ2) is 7.61. The average molecular weight is 443 g/mol. The summed E-state index contributed by atoms with van der Waals surface area (Å²) in [6.45, 7) is 1.77. The maximum Gasteiger partial charge on any atom is 0.335 e. The summed E-state index contributed by atoms with van der Waals surface area (Å²) in [7, 11) is 0. The van der Waals surface area contributed by atoms with E-state index in [0.717, 1.165) is 5.56 Å². The van der Waals surface area contributed by atoms with Crippen molar-refractivity contribution in [2.45, 2.75) is 6.92 Å². The summed E-state index contributed by atoms with van der Waals surface area (Å²) in [5.74, 6) is -0.987. The van der Waals surface area contributed by atoms with Crippen molar-refractivity contribution in [2.24, 2.45) is 0 Å². The van der Waals surface area contributed by atoms with E-state index in [9.17, 15) is 9.59 Å². The Morgan fingerprint density at radius 1 is 1.13 bits per heavy atom. The van der Waals surface area contributed by atoms with E-state index in [-0.39, 0.29) is 18.1 Å². The zero-order chi connectivity index (χ0) is 17.0. The number of aryl methyl sites for hydroxylation is 1. The minimum atomic E-state index is -1.05. The van der Waals surface area contributed by atoms with Gasteiger partial charge in [-0.1, -0.05) is 17.7 Å². The molecule has 0 bridgehead atoms. The summed E-state index contributed by atoms with van der Waals surface area (Å²) in [6.07, 6.45) is 0. The molecule has 2 rings (SSSR count). The molecule has 2 aromatic carbocycles. The Bertz CT molecular complexity index is 721. The molecule has 0 aliphatic heterocycles. The molecular weight excluding hydrogens is 430 g/mol. The molecule has 2 N–H and O–H groups in total. The monoisotopic (exact) mass is 441 g/mol. The van der Waals surface area contributed by atoms with Gasteiger partial charge in [0.15, 0.2) is 6.61 Å². The van der Waals surface area contributed by atoms with Crippen LogP contribution in [0.5, 0.6) is 5.75 Å². The summed E-state index contributed by atoms with van der Waals surface area (Å²) in [5, 5.41) is 11.7. The van der Waals surface area contributed by atoms with Crippen LogP contribution in [0.2, 0.25) is 0 Å². The number of halogens is 2. The normalized spacial score (nSPS) is 10.2. The zero-order valence-corrected chi connectivity index (χ0v) is 15.3. The minimum absolute atomic E-state index is 0.111. The standard InChI is InChI=1S/C16H13Br2NO4/c1-9-2-4-11(5-3-9)19-14(20)8-23-15-12(17)6-10(16(21)22)7-13(15)18/h2-7H,8H2,1H3,(H,19,20)(H,21,22). The zero-order valence-electron chi connectivity index (χ0n) is 12.1. The lowest BCUT2D eigenvalue weighted by Gasteiger charge is -2.11. The van der Waals surface area contributed by atoms with E-state index < -0.39 is 5.97 Å². The first kappa shape index (κ1) is 17.5. The number of ether oxygens (including phenoxy) is 1. The maximum absolute atomic E-state index is 11.9. The molecule has 7 heteroatoms. The number of aromatic carboxylic acids is 1. The molecule has 0 aliphatic rings. The van der Waals surface area contributed by atoms with Crippen molar-refractivity contribution in [1.29, 1.82) is 0 Å². The first-order chi connectivity index (χ1) is 10.9. The number of hydrogen-bond acceptors (Lipinski definition) is 3. The number of amides is 1. The number of carbonyl (C=O) groups is 2. The van der Waals surface area contributed by atoms with Crippen LogP contribution in [0.4, 0.5) is 5.69 Å². The summed E-state index contributed by atoms with van der Waals surface area (Å²) in [4.78, 5) is 22.9. The quantitative estimate of drug-likeness (QED) is 0.726. The van der Waals surface area contributed by atoms with Crippen molar-refractivity contribution < 1.29 is 19.4 Å². The number of hydrogen-bond donors (Lipinski definition) is 2. The Hall–Kier alpha value is -1.86. The van der Waals surface area contributed by atoms with Crippen LogP contribution in [-0.4, -0.2) is 23.6 Å². The number of carboxylic acids is 1. The predicted molar refractivity (Wildman–Crippen MR) is 94.1 cm³/mol. The van der Waals surface area contributed by atoms with Crippen LogP contribution in [0.15, 0.2) is 45.3 Å². The first-order valence-corrected chi connectivity index (χ1v) is 8.17. The van der Waals surface area contributed by atoms with E-state index in [4.69, 9.17) is 9.84 Å². The number of nitrogens with one attached hydrogen (secondary N) is 1. The van der Waals surface area contributed by atoms with Gasteiger partial charge in [-0.3, -0.25) is 4.79 Å². The third kappa shape index (κ3) is 4.80. The lowest BCUT2D eigenvalue weighted by molar-refractivity contribution is -0.118. The number of carbonyl (C=O) groups excluding carboxylic acids is 1. The van der Waals surface area contributed by atoms with Gasteiger partial charge in [0.1, 0.15) is 5.75 Å². The molecule has 0 fully saturated rings. The van der Waals surface area contributed by atoms with Gasteiger partial charge in [0, 0.05) is 5.69 Å². The molecule has 0 saturated heterocycles. The van der Waals surface area contributed by atoms with Crippen molar-refractivity contribution in [3.8, 4) is 5.75 Å². The predicted octanol–water partition coefficient (Wildman–Crippen LogP) is 4.24. The van der Waals surface area contributed by atoms with Gasteiger partial charge in [0.05, 0.1) is 14.5 Å². The largest absolute Gasteiger partial charge is 0.481 e. The Kier molecular flexibility index (Phi) is 5.79. The van der Waals surface area contributed by atoms with Crippen LogP contribution in [0.25, 0.3) is 0 Å². The van der Waals surface area contributed by atoms with Crippen LogP contribution in [-0.2, 0) is 4.79 Å². The van der Waals surface area contributed by atoms with Gasteiger partial charge in [-0.05, 0) is 63.0 Å². The van der Waals surface area contributed by atoms with Crippen molar-refractivity contribution in [2.75, 3.05) is 11.9 Å². The lowest BCUT2D eigenvalue weighted by Crippen LogP contribution is -2.20. The molecule has 0 aliphatic carbocycles. The van der Waals surface area contributed by atoms with E-state index in [1.807, 2.05) is 19.1 Å². The Morgan fingerprint density at radius 3 is 2.22 bits per heavy atom. The van der Waals surface area contributed by atoms with Gasteiger partial charge in [0.25, 0.3) is 5.91 Å². The van der Waals surface area contributed by atoms with Crippen LogP contribution < -0.4 is 10.1 Å². The molecule has 120 valence electrons. The SMILES string of the molecule is Cc1ccc(NC(=O)COc2c(Br)cc(C(=O)O)cc2Br)cc1. The lowest BCUT2D eigenvalue weighted by atomic mass is 10.2. The first-order valence-electron chi connectivity index (χ1n) is 6.58. The van der Waals surface area contributed by atoms with Crippen LogP contribution in [0.3, 0.4) is 0 Å². The molecule has 1 amide bonds. The van der Waals surface area contributed by atoms with E-state index in [1.54, 1.807) is 12.1 Å². The van der Waals surface area contributed by atoms with Crippen molar-refractivity contribution >= 4 is 49.4 Å². The Morgan fingerprint density at radius 2 is 1.70 bits per heavy atom. The highest BCUT2D eigenvalue weighted by Crippen LogP contribution is 2.34. The van der Waals surface area contributed by atoms with Gasteiger partial charge in [-0.2, -0.15) is 0 Å². The summed E-state index contributed by atoms with van der Waals surface area (Å²) in [6, 6.07) is 10.2. The fourth-order valence-corrected chi connectivity index (χ4v) is 3.21. The van der Waals surface area contributed by atoms with E-state index in [0.29, 0.717) is 20.4 Å². The Balaban J connectivity index is 2.01. The fourth-order valence-electron chi connectivity index (χ4n) is 1.79. The highest BCUT2D eigenvalue weighted by molar-refractivity contribution is 9.11. The van der Waals surface area contributed by atoms with Gasteiger partial charge >= 0.3 is 5.97 Å². The number of rotatable bonds is 5. The molecule has 5 nitrogen and oxygen atoms in total. The van der Waals surface area contributed by atoms with E-state index in [1.165, 1.54) is 12.1 Å².